The van der Waals surface area contributed by atoms with Crippen LogP contribution in [0.1, 0.15) is 37.8 Å². The molecule has 0 spiro atoms. The molecule has 0 heterocycles. The van der Waals surface area contributed by atoms with Crippen LogP contribution in [0.4, 0.5) is 0 Å². The van der Waals surface area contributed by atoms with Crippen LogP contribution in [0, 0.1) is 5.92 Å². The van der Waals surface area contributed by atoms with Crippen LogP contribution in [0.15, 0.2) is 24.3 Å². The molecule has 2 unspecified atom stereocenters. The molecular weight excluding hydrogens is 284 g/mol. The summed E-state index contributed by atoms with van der Waals surface area (Å²) in [4.78, 5) is 2.30. The molecule has 1 aromatic rings. The molecule has 4 heteroatoms. The average molecular weight is 311 g/mol. The lowest BCUT2D eigenvalue weighted by Crippen LogP contribution is -2.40. The minimum absolute atomic E-state index is 0.111. The molecule has 2 atom stereocenters. The first kappa shape index (κ1) is 16.8. The van der Waals surface area contributed by atoms with Crippen molar-refractivity contribution in [1.29, 1.82) is 0 Å². The summed E-state index contributed by atoms with van der Waals surface area (Å²) in [6.45, 7) is 4.71. The van der Waals surface area contributed by atoms with Crippen LogP contribution in [0.3, 0.4) is 0 Å². The summed E-state index contributed by atoms with van der Waals surface area (Å²) in [5.41, 5.74) is 7.56. The van der Waals surface area contributed by atoms with Crippen LogP contribution < -0.4 is 5.73 Å². The van der Waals surface area contributed by atoms with Gasteiger partial charge in [-0.05, 0) is 49.9 Å². The van der Waals surface area contributed by atoms with Crippen LogP contribution in [-0.2, 0) is 4.74 Å². The fraction of sp³-hybridized carbons (Fsp3) is 0.647. The monoisotopic (exact) mass is 310 g/mol. The van der Waals surface area contributed by atoms with E-state index in [-0.39, 0.29) is 12.1 Å². The molecule has 0 aromatic heterocycles. The predicted octanol–water partition coefficient (Wildman–Crippen LogP) is 3.48. The molecule has 2 rings (SSSR count). The highest BCUT2D eigenvalue weighted by Crippen LogP contribution is 2.29. The van der Waals surface area contributed by atoms with Gasteiger partial charge >= 0.3 is 0 Å². The van der Waals surface area contributed by atoms with Gasteiger partial charge < -0.3 is 10.5 Å². The first-order valence-electron chi connectivity index (χ1n) is 7.90. The van der Waals surface area contributed by atoms with Crippen molar-refractivity contribution >= 4 is 11.6 Å². The zero-order valence-corrected chi connectivity index (χ0v) is 13.9. The van der Waals surface area contributed by atoms with E-state index in [1.165, 1.54) is 18.4 Å². The first-order valence-corrected chi connectivity index (χ1v) is 8.28. The zero-order chi connectivity index (χ0) is 15.2. The SMILES string of the molecule is CCC(N)C(c1ccc(Cl)cc1)N(C)CCOCC1CC1. The number of hydrogen-bond acceptors (Lipinski definition) is 3. The second-order valence-electron chi connectivity index (χ2n) is 6.07. The average Bonchev–Trinajstić information content (AvgIpc) is 3.30. The molecule has 118 valence electrons. The van der Waals surface area contributed by atoms with Crippen molar-refractivity contribution in [3.8, 4) is 0 Å². The molecule has 1 aromatic carbocycles. The smallest absolute Gasteiger partial charge is 0.0593 e. The quantitative estimate of drug-likeness (QED) is 0.710. The Kier molecular flexibility index (Phi) is 6.49. The van der Waals surface area contributed by atoms with Crippen LogP contribution in [-0.4, -0.2) is 37.7 Å². The summed E-state index contributed by atoms with van der Waals surface area (Å²) in [5.74, 6) is 0.820. The number of halogens is 1. The van der Waals surface area contributed by atoms with Crippen molar-refractivity contribution in [2.45, 2.75) is 38.3 Å². The van der Waals surface area contributed by atoms with Gasteiger partial charge in [-0.15, -0.1) is 0 Å². The molecule has 1 saturated carbocycles. The Balaban J connectivity index is 1.91. The molecule has 0 amide bonds. The molecule has 0 radical (unpaired) electrons. The lowest BCUT2D eigenvalue weighted by atomic mass is 9.97. The normalized spacial score (nSPS) is 18.0. The van der Waals surface area contributed by atoms with Crippen LogP contribution in [0.2, 0.25) is 5.02 Å². The molecule has 21 heavy (non-hydrogen) atoms. The van der Waals surface area contributed by atoms with E-state index in [0.717, 1.165) is 37.1 Å². The summed E-state index contributed by atoms with van der Waals surface area (Å²) in [6, 6.07) is 8.33. The highest BCUT2D eigenvalue weighted by Gasteiger charge is 2.24. The largest absolute Gasteiger partial charge is 0.380 e. The van der Waals surface area contributed by atoms with Gasteiger partial charge in [-0.1, -0.05) is 30.7 Å². The van der Waals surface area contributed by atoms with E-state index in [9.17, 15) is 0 Å². The van der Waals surface area contributed by atoms with E-state index in [1.54, 1.807) is 0 Å². The van der Waals surface area contributed by atoms with Crippen molar-refractivity contribution in [2.24, 2.45) is 11.7 Å². The van der Waals surface area contributed by atoms with E-state index in [4.69, 9.17) is 22.1 Å². The van der Waals surface area contributed by atoms with Gasteiger partial charge in [0.2, 0.25) is 0 Å². The van der Waals surface area contributed by atoms with Crippen molar-refractivity contribution < 1.29 is 4.74 Å². The Labute approximate surface area is 133 Å². The third kappa shape index (κ3) is 5.26. The van der Waals surface area contributed by atoms with E-state index in [0.29, 0.717) is 0 Å². The van der Waals surface area contributed by atoms with E-state index in [1.807, 2.05) is 12.1 Å². The summed E-state index contributed by atoms with van der Waals surface area (Å²) in [7, 11) is 2.12. The van der Waals surface area contributed by atoms with Gasteiger partial charge in [-0.25, -0.2) is 0 Å². The summed E-state index contributed by atoms with van der Waals surface area (Å²) in [6.07, 6.45) is 3.62. The summed E-state index contributed by atoms with van der Waals surface area (Å²) in [5, 5.41) is 0.762. The van der Waals surface area contributed by atoms with Crippen molar-refractivity contribution in [1.82, 2.24) is 4.90 Å². The van der Waals surface area contributed by atoms with Gasteiger partial charge in [-0.3, -0.25) is 4.90 Å². The lowest BCUT2D eigenvalue weighted by molar-refractivity contribution is 0.0861. The molecule has 0 bridgehead atoms. The number of ether oxygens (including phenoxy) is 1. The number of nitrogens with two attached hydrogens (primary N) is 1. The van der Waals surface area contributed by atoms with Gasteiger partial charge in [0.1, 0.15) is 0 Å². The molecule has 0 saturated heterocycles. The second kappa shape index (κ2) is 8.14. The van der Waals surface area contributed by atoms with Gasteiger partial charge in [0, 0.05) is 30.3 Å². The Hall–Kier alpha value is -0.610. The number of rotatable bonds is 9. The Bertz CT molecular complexity index is 419. The van der Waals surface area contributed by atoms with E-state index < -0.39 is 0 Å². The van der Waals surface area contributed by atoms with Gasteiger partial charge in [0.25, 0.3) is 0 Å². The lowest BCUT2D eigenvalue weighted by Gasteiger charge is -2.32. The van der Waals surface area contributed by atoms with E-state index >= 15 is 0 Å². The van der Waals surface area contributed by atoms with Crippen LogP contribution in [0.5, 0.6) is 0 Å². The number of likely N-dealkylation sites (N-methyl/N-ethyl adjacent to an activating group) is 1. The minimum Gasteiger partial charge on any atom is -0.380 e. The first-order chi connectivity index (χ1) is 10.1. The topological polar surface area (TPSA) is 38.5 Å². The second-order valence-corrected chi connectivity index (χ2v) is 6.50. The zero-order valence-electron chi connectivity index (χ0n) is 13.1. The van der Waals surface area contributed by atoms with Gasteiger partial charge in [0.15, 0.2) is 0 Å². The maximum absolute atomic E-state index is 6.34. The van der Waals surface area contributed by atoms with Crippen molar-refractivity contribution in [3.05, 3.63) is 34.9 Å². The Morgan fingerprint density at radius 2 is 2.00 bits per heavy atom. The van der Waals surface area contributed by atoms with Crippen molar-refractivity contribution in [2.75, 3.05) is 26.8 Å². The molecule has 3 nitrogen and oxygen atoms in total. The number of benzene rings is 1. The standard InChI is InChI=1S/C17H27ClN2O/c1-3-16(19)17(14-6-8-15(18)9-7-14)20(2)10-11-21-12-13-4-5-13/h6-9,13,16-17H,3-5,10-12,19H2,1-2H3. The van der Waals surface area contributed by atoms with Crippen LogP contribution >= 0.6 is 11.6 Å². The van der Waals surface area contributed by atoms with Gasteiger partial charge in [0.05, 0.1) is 6.61 Å². The van der Waals surface area contributed by atoms with Crippen molar-refractivity contribution in [3.63, 3.8) is 0 Å². The molecule has 2 N–H and O–H groups in total. The number of hydrogen-bond donors (Lipinski definition) is 1. The molecule has 0 aliphatic heterocycles. The third-order valence-corrected chi connectivity index (χ3v) is 4.45. The van der Waals surface area contributed by atoms with Crippen LogP contribution in [0.25, 0.3) is 0 Å². The maximum Gasteiger partial charge on any atom is 0.0593 e. The Morgan fingerprint density at radius 3 is 2.57 bits per heavy atom. The minimum atomic E-state index is 0.111. The molecule has 1 aliphatic carbocycles. The highest BCUT2D eigenvalue weighted by molar-refractivity contribution is 6.30. The highest BCUT2D eigenvalue weighted by atomic mass is 35.5. The maximum atomic E-state index is 6.34. The predicted molar refractivity (Wildman–Crippen MR) is 88.6 cm³/mol. The van der Waals surface area contributed by atoms with Gasteiger partial charge in [-0.2, -0.15) is 0 Å². The fourth-order valence-corrected chi connectivity index (χ4v) is 2.72. The summed E-state index contributed by atoms with van der Waals surface area (Å²) < 4.78 is 5.74. The molecule has 1 aliphatic rings. The number of nitrogens with zero attached hydrogens (tertiary/aromatic N) is 1. The summed E-state index contributed by atoms with van der Waals surface area (Å²) >= 11 is 5.98. The molecular formula is C17H27ClN2O. The van der Waals surface area contributed by atoms with E-state index in [2.05, 4.69) is 31.0 Å². The molecule has 1 fully saturated rings. The fourth-order valence-electron chi connectivity index (χ4n) is 2.59. The third-order valence-electron chi connectivity index (χ3n) is 4.20. The Morgan fingerprint density at radius 1 is 1.33 bits per heavy atom.